The number of aryl methyl sites for hydroxylation is 1. The van der Waals surface area contributed by atoms with Gasteiger partial charge < -0.3 is 9.88 Å². The van der Waals surface area contributed by atoms with Gasteiger partial charge >= 0.3 is 0 Å². The standard InChI is InChI=1S/C17H22N4OS/c1-11(2)21-16(13-6-7-13)19-20-17(21)23-10-15(22)18-14-8-4-12(3)5-9-14/h4-5,8-9,11,13H,6-7,10H2,1-3H3,(H,18,22). The van der Waals surface area contributed by atoms with Gasteiger partial charge in [0.15, 0.2) is 5.16 Å². The average molecular weight is 330 g/mol. The van der Waals surface area contributed by atoms with E-state index in [0.29, 0.717) is 17.7 Å². The number of nitrogens with zero attached hydrogens (tertiary/aromatic N) is 3. The number of carbonyl (C=O) groups is 1. The van der Waals surface area contributed by atoms with Crippen molar-refractivity contribution < 1.29 is 4.79 Å². The number of carbonyl (C=O) groups excluding carboxylic acids is 1. The van der Waals surface area contributed by atoms with Crippen molar-refractivity contribution in [2.75, 3.05) is 11.1 Å². The van der Waals surface area contributed by atoms with E-state index in [9.17, 15) is 4.79 Å². The Bertz CT molecular complexity index is 689. The molecule has 3 rings (SSSR count). The Labute approximate surface area is 140 Å². The maximum atomic E-state index is 12.1. The van der Waals surface area contributed by atoms with Crippen molar-refractivity contribution in [2.24, 2.45) is 0 Å². The summed E-state index contributed by atoms with van der Waals surface area (Å²) in [7, 11) is 0. The predicted molar refractivity (Wildman–Crippen MR) is 92.9 cm³/mol. The molecule has 1 aliphatic carbocycles. The number of rotatable bonds is 6. The first kappa shape index (κ1) is 16.1. The number of hydrogen-bond donors (Lipinski definition) is 1. The highest BCUT2D eigenvalue weighted by molar-refractivity contribution is 7.99. The van der Waals surface area contributed by atoms with Gasteiger partial charge in [-0.05, 0) is 45.7 Å². The smallest absolute Gasteiger partial charge is 0.234 e. The van der Waals surface area contributed by atoms with Gasteiger partial charge in [0.2, 0.25) is 5.91 Å². The van der Waals surface area contributed by atoms with Crippen LogP contribution in [0, 0.1) is 6.92 Å². The Hall–Kier alpha value is -1.82. The molecular formula is C17H22N4OS. The summed E-state index contributed by atoms with van der Waals surface area (Å²) in [5.74, 6) is 1.94. The number of thioether (sulfide) groups is 1. The molecule has 0 spiro atoms. The van der Waals surface area contributed by atoms with Gasteiger partial charge in [0, 0.05) is 17.6 Å². The fourth-order valence-corrected chi connectivity index (χ4v) is 3.33. The van der Waals surface area contributed by atoms with Crippen LogP contribution in [0.25, 0.3) is 0 Å². The zero-order chi connectivity index (χ0) is 16.4. The maximum Gasteiger partial charge on any atom is 0.234 e. The number of anilines is 1. The van der Waals surface area contributed by atoms with E-state index in [4.69, 9.17) is 0 Å². The number of hydrogen-bond acceptors (Lipinski definition) is 4. The van der Waals surface area contributed by atoms with Crippen LogP contribution in [-0.4, -0.2) is 26.4 Å². The second kappa shape index (κ2) is 6.74. The largest absolute Gasteiger partial charge is 0.325 e. The van der Waals surface area contributed by atoms with E-state index in [1.54, 1.807) is 0 Å². The molecule has 1 saturated carbocycles. The lowest BCUT2D eigenvalue weighted by Crippen LogP contribution is -2.15. The van der Waals surface area contributed by atoms with Crippen LogP contribution in [-0.2, 0) is 4.79 Å². The SMILES string of the molecule is Cc1ccc(NC(=O)CSc2nnc(C3CC3)n2C(C)C)cc1. The van der Waals surface area contributed by atoms with Crippen LogP contribution in [0.2, 0.25) is 0 Å². The van der Waals surface area contributed by atoms with Gasteiger partial charge in [-0.1, -0.05) is 29.5 Å². The third kappa shape index (κ3) is 3.93. The molecule has 1 aliphatic rings. The predicted octanol–water partition coefficient (Wildman–Crippen LogP) is 3.78. The molecular weight excluding hydrogens is 308 g/mol. The van der Waals surface area contributed by atoms with E-state index in [1.807, 2.05) is 31.2 Å². The summed E-state index contributed by atoms with van der Waals surface area (Å²) in [4.78, 5) is 12.1. The van der Waals surface area contributed by atoms with Crippen LogP contribution >= 0.6 is 11.8 Å². The number of aromatic nitrogens is 3. The molecule has 0 unspecified atom stereocenters. The Morgan fingerprint density at radius 1 is 1.30 bits per heavy atom. The van der Waals surface area contributed by atoms with Gasteiger partial charge in [0.05, 0.1) is 5.75 Å². The minimum atomic E-state index is -0.0230. The molecule has 1 aromatic heterocycles. The van der Waals surface area contributed by atoms with Gasteiger partial charge in [0.25, 0.3) is 0 Å². The third-order valence-corrected chi connectivity index (χ3v) is 4.76. The first-order chi connectivity index (χ1) is 11.0. The number of nitrogens with one attached hydrogen (secondary N) is 1. The summed E-state index contributed by atoms with van der Waals surface area (Å²) in [6.45, 7) is 6.29. The van der Waals surface area contributed by atoms with Gasteiger partial charge in [-0.2, -0.15) is 0 Å². The normalized spacial score (nSPS) is 14.3. The van der Waals surface area contributed by atoms with Crippen LogP contribution in [0.15, 0.2) is 29.4 Å². The van der Waals surface area contributed by atoms with Crippen LogP contribution in [0.4, 0.5) is 5.69 Å². The van der Waals surface area contributed by atoms with Crippen molar-refractivity contribution >= 4 is 23.4 Å². The second-order valence-corrected chi connectivity index (χ2v) is 7.22. The first-order valence-corrected chi connectivity index (χ1v) is 8.97. The molecule has 6 heteroatoms. The molecule has 122 valence electrons. The Balaban J connectivity index is 1.61. The summed E-state index contributed by atoms with van der Waals surface area (Å²) >= 11 is 1.45. The Kier molecular flexibility index (Phi) is 4.71. The molecule has 1 fully saturated rings. The van der Waals surface area contributed by atoms with E-state index in [-0.39, 0.29) is 5.91 Å². The molecule has 0 bridgehead atoms. The number of amides is 1. The highest BCUT2D eigenvalue weighted by atomic mass is 32.2. The van der Waals surface area contributed by atoms with Gasteiger partial charge in [-0.15, -0.1) is 10.2 Å². The average Bonchev–Trinajstić information content (AvgIpc) is 3.27. The molecule has 1 aromatic carbocycles. The van der Waals surface area contributed by atoms with Crippen molar-refractivity contribution in [2.45, 2.75) is 50.7 Å². The van der Waals surface area contributed by atoms with Crippen LogP contribution in [0.5, 0.6) is 0 Å². The molecule has 5 nitrogen and oxygen atoms in total. The fourth-order valence-electron chi connectivity index (χ4n) is 2.46. The third-order valence-electron chi connectivity index (χ3n) is 3.82. The van der Waals surface area contributed by atoms with Gasteiger partial charge in [-0.3, -0.25) is 4.79 Å². The van der Waals surface area contributed by atoms with Crippen molar-refractivity contribution in [3.8, 4) is 0 Å². The quantitative estimate of drug-likeness (QED) is 0.819. The minimum Gasteiger partial charge on any atom is -0.325 e. The van der Waals surface area contributed by atoms with Gasteiger partial charge in [-0.25, -0.2) is 0 Å². The van der Waals surface area contributed by atoms with E-state index < -0.39 is 0 Å². The van der Waals surface area contributed by atoms with E-state index in [1.165, 1.54) is 30.2 Å². The Morgan fingerprint density at radius 2 is 2.00 bits per heavy atom. The van der Waals surface area contributed by atoms with Crippen molar-refractivity contribution in [1.29, 1.82) is 0 Å². The highest BCUT2D eigenvalue weighted by Gasteiger charge is 2.31. The summed E-state index contributed by atoms with van der Waals surface area (Å²) in [5, 5.41) is 12.4. The van der Waals surface area contributed by atoms with Crippen molar-refractivity contribution in [3.63, 3.8) is 0 Å². The van der Waals surface area contributed by atoms with E-state index >= 15 is 0 Å². The second-order valence-electron chi connectivity index (χ2n) is 6.28. The lowest BCUT2D eigenvalue weighted by atomic mass is 10.2. The molecule has 2 aromatic rings. The fraction of sp³-hybridized carbons (Fsp3) is 0.471. The molecule has 23 heavy (non-hydrogen) atoms. The summed E-state index contributed by atoms with van der Waals surface area (Å²) in [6.07, 6.45) is 2.40. The lowest BCUT2D eigenvalue weighted by molar-refractivity contribution is -0.113. The van der Waals surface area contributed by atoms with E-state index in [0.717, 1.165) is 16.7 Å². The summed E-state index contributed by atoms with van der Waals surface area (Å²) in [6, 6.07) is 8.11. The zero-order valence-electron chi connectivity index (χ0n) is 13.7. The topological polar surface area (TPSA) is 59.8 Å². The van der Waals surface area contributed by atoms with E-state index in [2.05, 4.69) is 33.9 Å². The highest BCUT2D eigenvalue weighted by Crippen LogP contribution is 2.41. The monoisotopic (exact) mass is 330 g/mol. The minimum absolute atomic E-state index is 0.0230. The van der Waals surface area contributed by atoms with Crippen LogP contribution < -0.4 is 5.32 Å². The van der Waals surface area contributed by atoms with Crippen molar-refractivity contribution in [1.82, 2.24) is 14.8 Å². The van der Waals surface area contributed by atoms with Crippen LogP contribution in [0.1, 0.15) is 50.0 Å². The van der Waals surface area contributed by atoms with Crippen molar-refractivity contribution in [3.05, 3.63) is 35.7 Å². The molecule has 0 aliphatic heterocycles. The summed E-state index contributed by atoms with van der Waals surface area (Å²) < 4.78 is 2.17. The zero-order valence-corrected chi connectivity index (χ0v) is 14.6. The lowest BCUT2D eigenvalue weighted by Gasteiger charge is -2.13. The molecule has 0 atom stereocenters. The number of benzene rings is 1. The van der Waals surface area contributed by atoms with Crippen LogP contribution in [0.3, 0.4) is 0 Å². The summed E-state index contributed by atoms with van der Waals surface area (Å²) in [5.41, 5.74) is 2.00. The molecule has 0 saturated heterocycles. The molecule has 1 amide bonds. The maximum absolute atomic E-state index is 12.1. The van der Waals surface area contributed by atoms with Gasteiger partial charge in [0.1, 0.15) is 5.82 Å². The molecule has 1 heterocycles. The molecule has 1 N–H and O–H groups in total. The first-order valence-electron chi connectivity index (χ1n) is 7.98. The molecule has 0 radical (unpaired) electrons. The Morgan fingerprint density at radius 3 is 2.61 bits per heavy atom.